The molecular weight excluding hydrogens is 206 g/mol. The summed E-state index contributed by atoms with van der Waals surface area (Å²) in [5.41, 5.74) is 1.45. The van der Waals surface area contributed by atoms with Crippen molar-refractivity contribution in [2.24, 2.45) is 5.92 Å². The highest BCUT2D eigenvalue weighted by Gasteiger charge is 2.21. The van der Waals surface area contributed by atoms with Crippen LogP contribution in [0, 0.1) is 5.92 Å². The number of hydrogen-bond acceptors (Lipinski definition) is 1. The predicted molar refractivity (Wildman–Crippen MR) is 74.3 cm³/mol. The van der Waals surface area contributed by atoms with Crippen molar-refractivity contribution in [1.29, 1.82) is 0 Å². The Kier molecular flexibility index (Phi) is 4.61. The van der Waals surface area contributed by atoms with Crippen LogP contribution in [0.1, 0.15) is 51.0 Å². The van der Waals surface area contributed by atoms with Crippen molar-refractivity contribution in [3.05, 3.63) is 35.9 Å². The maximum Gasteiger partial charge on any atom is 0.00929 e. The molecule has 1 nitrogen and oxygen atoms in total. The first-order chi connectivity index (χ1) is 8.27. The van der Waals surface area contributed by atoms with Crippen molar-refractivity contribution in [1.82, 2.24) is 5.32 Å². The quantitative estimate of drug-likeness (QED) is 0.827. The van der Waals surface area contributed by atoms with Crippen molar-refractivity contribution in [3.63, 3.8) is 0 Å². The Balaban J connectivity index is 1.81. The molecule has 94 valence electrons. The van der Waals surface area contributed by atoms with Crippen LogP contribution in [-0.4, -0.2) is 12.6 Å². The van der Waals surface area contributed by atoms with Gasteiger partial charge in [0.1, 0.15) is 0 Å². The van der Waals surface area contributed by atoms with Gasteiger partial charge in [0, 0.05) is 12.6 Å². The molecule has 0 radical (unpaired) electrons. The van der Waals surface area contributed by atoms with Gasteiger partial charge in [0.15, 0.2) is 0 Å². The van der Waals surface area contributed by atoms with Crippen LogP contribution in [0.25, 0.3) is 0 Å². The molecule has 0 amide bonds. The van der Waals surface area contributed by atoms with Gasteiger partial charge in [-0.05, 0) is 30.2 Å². The molecule has 3 atom stereocenters. The van der Waals surface area contributed by atoms with Crippen LogP contribution >= 0.6 is 0 Å². The van der Waals surface area contributed by atoms with Crippen molar-refractivity contribution in [3.8, 4) is 0 Å². The Bertz CT molecular complexity index is 320. The van der Waals surface area contributed by atoms with E-state index in [-0.39, 0.29) is 0 Å². The molecule has 1 heteroatoms. The van der Waals surface area contributed by atoms with Gasteiger partial charge >= 0.3 is 0 Å². The standard InChI is InChI=1S/C16H25N/c1-13-8-6-7-11-16(13)17-12-14(2)15-9-4-3-5-10-15/h3-5,9-10,13-14,16-17H,6-8,11-12H2,1-2H3. The SMILES string of the molecule is CC(CNC1CCCCC1C)c1ccccc1. The number of hydrogen-bond donors (Lipinski definition) is 1. The molecular formula is C16H25N. The summed E-state index contributed by atoms with van der Waals surface area (Å²) in [7, 11) is 0. The van der Waals surface area contributed by atoms with E-state index in [9.17, 15) is 0 Å². The van der Waals surface area contributed by atoms with Crippen LogP contribution in [0.2, 0.25) is 0 Å². The van der Waals surface area contributed by atoms with Crippen LogP contribution in [0.3, 0.4) is 0 Å². The number of nitrogens with one attached hydrogen (secondary N) is 1. The molecule has 17 heavy (non-hydrogen) atoms. The van der Waals surface area contributed by atoms with Crippen molar-refractivity contribution >= 4 is 0 Å². The van der Waals surface area contributed by atoms with Gasteiger partial charge < -0.3 is 5.32 Å². The molecule has 0 aliphatic heterocycles. The van der Waals surface area contributed by atoms with Crippen LogP contribution in [-0.2, 0) is 0 Å². The zero-order chi connectivity index (χ0) is 12.1. The van der Waals surface area contributed by atoms with Gasteiger partial charge in [0.05, 0.1) is 0 Å². The maximum absolute atomic E-state index is 3.77. The van der Waals surface area contributed by atoms with Crippen molar-refractivity contribution < 1.29 is 0 Å². The summed E-state index contributed by atoms with van der Waals surface area (Å²) >= 11 is 0. The minimum Gasteiger partial charge on any atom is -0.313 e. The largest absolute Gasteiger partial charge is 0.313 e. The highest BCUT2D eigenvalue weighted by Crippen LogP contribution is 2.24. The van der Waals surface area contributed by atoms with Crippen LogP contribution < -0.4 is 5.32 Å². The van der Waals surface area contributed by atoms with E-state index in [4.69, 9.17) is 0 Å². The number of benzene rings is 1. The summed E-state index contributed by atoms with van der Waals surface area (Å²) in [5, 5.41) is 3.77. The normalized spacial score (nSPS) is 26.7. The van der Waals surface area contributed by atoms with E-state index in [1.165, 1.54) is 31.2 Å². The molecule has 0 aromatic heterocycles. The third kappa shape index (κ3) is 3.57. The topological polar surface area (TPSA) is 12.0 Å². The first kappa shape index (κ1) is 12.6. The van der Waals surface area contributed by atoms with Gasteiger partial charge in [-0.25, -0.2) is 0 Å². The molecule has 0 saturated heterocycles. The van der Waals surface area contributed by atoms with E-state index in [1.807, 2.05) is 0 Å². The summed E-state index contributed by atoms with van der Waals surface area (Å²) < 4.78 is 0. The first-order valence-electron chi connectivity index (χ1n) is 7.05. The van der Waals surface area contributed by atoms with Crippen molar-refractivity contribution in [2.45, 2.75) is 51.5 Å². The van der Waals surface area contributed by atoms with E-state index in [0.29, 0.717) is 5.92 Å². The summed E-state index contributed by atoms with van der Waals surface area (Å²) in [6, 6.07) is 11.6. The van der Waals surface area contributed by atoms with Gasteiger partial charge in [-0.1, -0.05) is 57.0 Å². The molecule has 1 N–H and O–H groups in total. The van der Waals surface area contributed by atoms with E-state index in [2.05, 4.69) is 49.5 Å². The minimum atomic E-state index is 0.616. The third-order valence-corrected chi connectivity index (χ3v) is 4.17. The molecule has 0 spiro atoms. The maximum atomic E-state index is 3.77. The second kappa shape index (κ2) is 6.20. The third-order valence-electron chi connectivity index (χ3n) is 4.17. The van der Waals surface area contributed by atoms with Crippen LogP contribution in [0.15, 0.2) is 30.3 Å². The lowest BCUT2D eigenvalue weighted by Gasteiger charge is -2.30. The summed E-state index contributed by atoms with van der Waals surface area (Å²) in [5.74, 6) is 1.47. The van der Waals surface area contributed by atoms with Crippen molar-refractivity contribution in [2.75, 3.05) is 6.54 Å². The van der Waals surface area contributed by atoms with E-state index in [0.717, 1.165) is 18.5 Å². The summed E-state index contributed by atoms with van der Waals surface area (Å²) in [6.07, 6.45) is 5.59. The van der Waals surface area contributed by atoms with Gasteiger partial charge in [0.25, 0.3) is 0 Å². The Hall–Kier alpha value is -0.820. The lowest BCUT2D eigenvalue weighted by atomic mass is 9.85. The molecule has 1 aliphatic rings. The Labute approximate surface area is 106 Å². The molecule has 1 aromatic carbocycles. The average molecular weight is 231 g/mol. The lowest BCUT2D eigenvalue weighted by Crippen LogP contribution is -2.39. The zero-order valence-electron chi connectivity index (χ0n) is 11.2. The molecule has 0 heterocycles. The second-order valence-corrected chi connectivity index (χ2v) is 5.59. The fourth-order valence-electron chi connectivity index (χ4n) is 2.85. The molecule has 1 fully saturated rings. The van der Waals surface area contributed by atoms with Gasteiger partial charge in [-0.3, -0.25) is 0 Å². The minimum absolute atomic E-state index is 0.616. The van der Waals surface area contributed by atoms with E-state index < -0.39 is 0 Å². The molecule has 1 aliphatic carbocycles. The zero-order valence-corrected chi connectivity index (χ0v) is 11.2. The second-order valence-electron chi connectivity index (χ2n) is 5.59. The Morgan fingerprint density at radius 2 is 1.88 bits per heavy atom. The van der Waals surface area contributed by atoms with Crippen LogP contribution in [0.4, 0.5) is 0 Å². The average Bonchev–Trinajstić information content (AvgIpc) is 2.38. The molecule has 2 rings (SSSR count). The summed E-state index contributed by atoms with van der Waals surface area (Å²) in [4.78, 5) is 0. The number of rotatable bonds is 4. The van der Waals surface area contributed by atoms with Crippen LogP contribution in [0.5, 0.6) is 0 Å². The molecule has 1 aromatic rings. The van der Waals surface area contributed by atoms with Gasteiger partial charge in [0.2, 0.25) is 0 Å². The first-order valence-corrected chi connectivity index (χ1v) is 7.05. The monoisotopic (exact) mass is 231 g/mol. The highest BCUT2D eigenvalue weighted by atomic mass is 14.9. The fraction of sp³-hybridized carbons (Fsp3) is 0.625. The van der Waals surface area contributed by atoms with Gasteiger partial charge in [-0.15, -0.1) is 0 Å². The molecule has 3 unspecified atom stereocenters. The highest BCUT2D eigenvalue weighted by molar-refractivity contribution is 5.19. The van der Waals surface area contributed by atoms with E-state index >= 15 is 0 Å². The lowest BCUT2D eigenvalue weighted by molar-refractivity contribution is 0.278. The van der Waals surface area contributed by atoms with E-state index in [1.54, 1.807) is 0 Å². The predicted octanol–water partition coefficient (Wildman–Crippen LogP) is 3.96. The molecule has 1 saturated carbocycles. The fourth-order valence-corrected chi connectivity index (χ4v) is 2.85. The summed E-state index contributed by atoms with van der Waals surface area (Å²) in [6.45, 7) is 5.82. The van der Waals surface area contributed by atoms with Gasteiger partial charge in [-0.2, -0.15) is 0 Å². The molecule has 0 bridgehead atoms. The Morgan fingerprint density at radius 3 is 2.59 bits per heavy atom. The Morgan fingerprint density at radius 1 is 1.18 bits per heavy atom. The smallest absolute Gasteiger partial charge is 0.00929 e.